The van der Waals surface area contributed by atoms with Gasteiger partial charge in [-0.2, -0.15) is 0 Å². The lowest BCUT2D eigenvalue weighted by Crippen LogP contribution is -2.23. The summed E-state index contributed by atoms with van der Waals surface area (Å²) in [6.07, 6.45) is 0. The smallest absolute Gasteiger partial charge is 0.312 e. The van der Waals surface area contributed by atoms with Crippen molar-refractivity contribution in [1.82, 2.24) is 0 Å². The van der Waals surface area contributed by atoms with Crippen LogP contribution < -0.4 is 5.73 Å². The van der Waals surface area contributed by atoms with E-state index in [9.17, 15) is 4.79 Å². The molecule has 3 heteroatoms. The number of hydrogen-bond donors (Lipinski definition) is 2. The third-order valence-electron chi connectivity index (χ3n) is 2.62. The summed E-state index contributed by atoms with van der Waals surface area (Å²) < 4.78 is 0. The Kier molecular flexibility index (Phi) is 3.48. The van der Waals surface area contributed by atoms with Crippen LogP contribution in [0.25, 0.3) is 0 Å². The molecule has 0 aliphatic carbocycles. The van der Waals surface area contributed by atoms with Gasteiger partial charge in [0.15, 0.2) is 0 Å². The van der Waals surface area contributed by atoms with Crippen molar-refractivity contribution < 1.29 is 9.90 Å². The lowest BCUT2D eigenvalue weighted by molar-refractivity contribution is -0.138. The molecule has 1 rings (SSSR count). The molecule has 3 nitrogen and oxygen atoms in total. The van der Waals surface area contributed by atoms with E-state index in [1.54, 1.807) is 0 Å². The van der Waals surface area contributed by atoms with Crippen molar-refractivity contribution in [2.45, 2.75) is 26.7 Å². The van der Waals surface area contributed by atoms with Gasteiger partial charge in [-0.1, -0.05) is 17.7 Å². The van der Waals surface area contributed by atoms with Gasteiger partial charge in [-0.3, -0.25) is 4.79 Å². The molecule has 82 valence electrons. The molecule has 1 aromatic carbocycles. The Morgan fingerprint density at radius 2 is 1.80 bits per heavy atom. The standard InChI is InChI=1S/C12H17NO2/c1-7-4-8(2)11(9(3)5-7)10(6-13)12(14)15/h4-5,10H,6,13H2,1-3H3,(H,14,15). The van der Waals surface area contributed by atoms with E-state index in [0.717, 1.165) is 22.3 Å². The van der Waals surface area contributed by atoms with Gasteiger partial charge in [0, 0.05) is 6.54 Å². The van der Waals surface area contributed by atoms with Crippen LogP contribution in [0, 0.1) is 20.8 Å². The van der Waals surface area contributed by atoms with Crippen LogP contribution in [0.5, 0.6) is 0 Å². The zero-order valence-electron chi connectivity index (χ0n) is 9.37. The largest absolute Gasteiger partial charge is 0.481 e. The quantitative estimate of drug-likeness (QED) is 0.793. The summed E-state index contributed by atoms with van der Waals surface area (Å²) in [6, 6.07) is 3.99. The molecule has 15 heavy (non-hydrogen) atoms. The minimum absolute atomic E-state index is 0.139. The summed E-state index contributed by atoms with van der Waals surface area (Å²) >= 11 is 0. The summed E-state index contributed by atoms with van der Waals surface area (Å²) in [5.41, 5.74) is 9.52. The van der Waals surface area contributed by atoms with Crippen molar-refractivity contribution in [2.75, 3.05) is 6.54 Å². The number of benzene rings is 1. The van der Waals surface area contributed by atoms with Crippen LogP contribution in [-0.2, 0) is 4.79 Å². The van der Waals surface area contributed by atoms with Gasteiger partial charge in [-0.25, -0.2) is 0 Å². The maximum Gasteiger partial charge on any atom is 0.312 e. The molecule has 1 aromatic rings. The average molecular weight is 207 g/mol. The summed E-state index contributed by atoms with van der Waals surface area (Å²) in [5, 5.41) is 9.06. The van der Waals surface area contributed by atoms with E-state index in [-0.39, 0.29) is 6.54 Å². The minimum Gasteiger partial charge on any atom is -0.481 e. The maximum absolute atomic E-state index is 11.0. The minimum atomic E-state index is -0.854. The highest BCUT2D eigenvalue weighted by Gasteiger charge is 2.21. The second-order valence-electron chi connectivity index (χ2n) is 3.94. The first-order valence-electron chi connectivity index (χ1n) is 4.98. The molecule has 0 aliphatic rings. The number of carbonyl (C=O) groups is 1. The van der Waals surface area contributed by atoms with Crippen molar-refractivity contribution in [3.05, 3.63) is 34.4 Å². The van der Waals surface area contributed by atoms with Crippen molar-refractivity contribution in [3.63, 3.8) is 0 Å². The Morgan fingerprint density at radius 3 is 2.13 bits per heavy atom. The number of aryl methyl sites for hydroxylation is 3. The monoisotopic (exact) mass is 207 g/mol. The van der Waals surface area contributed by atoms with Crippen LogP contribution in [0.4, 0.5) is 0 Å². The van der Waals surface area contributed by atoms with Gasteiger partial charge >= 0.3 is 5.97 Å². The molecule has 3 N–H and O–H groups in total. The van der Waals surface area contributed by atoms with Crippen molar-refractivity contribution in [3.8, 4) is 0 Å². The van der Waals surface area contributed by atoms with Crippen molar-refractivity contribution in [2.24, 2.45) is 5.73 Å². The molecule has 1 atom stereocenters. The molecule has 0 saturated heterocycles. The predicted octanol–water partition coefficient (Wildman–Crippen LogP) is 1.74. The van der Waals surface area contributed by atoms with E-state index in [1.807, 2.05) is 32.9 Å². The Balaban J connectivity index is 3.29. The predicted molar refractivity (Wildman–Crippen MR) is 60.1 cm³/mol. The van der Waals surface area contributed by atoms with E-state index in [4.69, 9.17) is 10.8 Å². The van der Waals surface area contributed by atoms with Crippen LogP contribution in [0.1, 0.15) is 28.2 Å². The molecular weight excluding hydrogens is 190 g/mol. The first-order chi connectivity index (χ1) is 6.97. The van der Waals surface area contributed by atoms with E-state index in [1.165, 1.54) is 0 Å². The van der Waals surface area contributed by atoms with Crippen molar-refractivity contribution in [1.29, 1.82) is 0 Å². The second kappa shape index (κ2) is 4.45. The third-order valence-corrected chi connectivity index (χ3v) is 2.62. The fourth-order valence-electron chi connectivity index (χ4n) is 2.08. The van der Waals surface area contributed by atoms with Crippen LogP contribution in [-0.4, -0.2) is 17.6 Å². The van der Waals surface area contributed by atoms with E-state index in [0.29, 0.717) is 0 Å². The molecule has 0 bridgehead atoms. The summed E-state index contributed by atoms with van der Waals surface area (Å²) in [7, 11) is 0. The highest BCUT2D eigenvalue weighted by atomic mass is 16.4. The van der Waals surface area contributed by atoms with Crippen molar-refractivity contribution >= 4 is 5.97 Å². The molecule has 0 saturated carbocycles. The van der Waals surface area contributed by atoms with Crippen LogP contribution in [0.3, 0.4) is 0 Å². The number of carboxylic acid groups (broad SMARTS) is 1. The molecule has 0 radical (unpaired) electrons. The Bertz CT molecular complexity index is 362. The van der Waals surface area contributed by atoms with E-state index in [2.05, 4.69) is 0 Å². The zero-order valence-corrected chi connectivity index (χ0v) is 9.37. The number of hydrogen-bond acceptors (Lipinski definition) is 2. The highest BCUT2D eigenvalue weighted by Crippen LogP contribution is 2.24. The summed E-state index contributed by atoms with van der Waals surface area (Å²) in [4.78, 5) is 11.0. The first-order valence-corrected chi connectivity index (χ1v) is 4.98. The second-order valence-corrected chi connectivity index (χ2v) is 3.94. The molecule has 0 heterocycles. The molecule has 1 unspecified atom stereocenters. The Labute approximate surface area is 89.9 Å². The number of carboxylic acids is 1. The van der Waals surface area contributed by atoms with Gasteiger partial charge in [0.25, 0.3) is 0 Å². The SMILES string of the molecule is Cc1cc(C)c(C(CN)C(=O)O)c(C)c1. The average Bonchev–Trinajstić information content (AvgIpc) is 2.09. The van der Waals surface area contributed by atoms with E-state index >= 15 is 0 Å². The lowest BCUT2D eigenvalue weighted by atomic mass is 9.89. The molecule has 0 aromatic heterocycles. The fraction of sp³-hybridized carbons (Fsp3) is 0.417. The molecule has 0 amide bonds. The van der Waals surface area contributed by atoms with Gasteiger partial charge in [0.05, 0.1) is 5.92 Å². The zero-order chi connectivity index (χ0) is 11.6. The number of rotatable bonds is 3. The highest BCUT2D eigenvalue weighted by molar-refractivity contribution is 5.77. The van der Waals surface area contributed by atoms with Gasteiger partial charge < -0.3 is 10.8 Å². The normalized spacial score (nSPS) is 12.5. The van der Waals surface area contributed by atoms with Crippen LogP contribution in [0.15, 0.2) is 12.1 Å². The van der Waals surface area contributed by atoms with Crippen LogP contribution >= 0.6 is 0 Å². The Hall–Kier alpha value is -1.35. The lowest BCUT2D eigenvalue weighted by Gasteiger charge is -2.17. The maximum atomic E-state index is 11.0. The molecular formula is C12H17NO2. The molecule has 0 spiro atoms. The Morgan fingerprint density at radius 1 is 1.33 bits per heavy atom. The van der Waals surface area contributed by atoms with Gasteiger partial charge in [0.1, 0.15) is 0 Å². The fourth-order valence-corrected chi connectivity index (χ4v) is 2.08. The summed E-state index contributed by atoms with van der Waals surface area (Å²) in [5.74, 6) is -1.45. The van der Waals surface area contributed by atoms with Gasteiger partial charge in [0.2, 0.25) is 0 Å². The van der Waals surface area contributed by atoms with Gasteiger partial charge in [-0.15, -0.1) is 0 Å². The number of nitrogens with two attached hydrogens (primary N) is 1. The topological polar surface area (TPSA) is 63.3 Å². The molecule has 0 fully saturated rings. The van der Waals surface area contributed by atoms with Gasteiger partial charge in [-0.05, 0) is 37.5 Å². The van der Waals surface area contributed by atoms with E-state index < -0.39 is 11.9 Å². The summed E-state index contributed by atoms with van der Waals surface area (Å²) in [6.45, 7) is 6.00. The molecule has 0 aliphatic heterocycles. The third kappa shape index (κ3) is 2.36. The first kappa shape index (κ1) is 11.7. The number of aliphatic carboxylic acids is 1. The van der Waals surface area contributed by atoms with Crippen LogP contribution in [0.2, 0.25) is 0 Å².